The largest absolute Gasteiger partial charge is 0.389 e. The van der Waals surface area contributed by atoms with Crippen molar-refractivity contribution in [3.63, 3.8) is 0 Å². The number of nitrogens with one attached hydrogen (secondary N) is 2. The normalized spacial score (nSPS) is 29.5. The first-order valence-corrected chi connectivity index (χ1v) is 9.39. The van der Waals surface area contributed by atoms with Crippen LogP contribution in [0.2, 0.25) is 0 Å². The minimum absolute atomic E-state index is 0.122. The Kier molecular flexibility index (Phi) is 7.48. The molecule has 2 aromatic rings. The van der Waals surface area contributed by atoms with Gasteiger partial charge in [-0.15, -0.1) is 0 Å². The van der Waals surface area contributed by atoms with Gasteiger partial charge in [-0.2, -0.15) is 20.9 Å². The van der Waals surface area contributed by atoms with E-state index in [0.29, 0.717) is 0 Å². The second-order valence-electron chi connectivity index (χ2n) is 6.97. The molecule has 0 bridgehead atoms. The highest BCUT2D eigenvalue weighted by molar-refractivity contribution is 5.24. The summed E-state index contributed by atoms with van der Waals surface area (Å²) in [6, 6.07) is 2.91. The molecule has 32 heavy (non-hydrogen) atoms. The second-order valence-corrected chi connectivity index (χ2v) is 6.97. The first-order chi connectivity index (χ1) is 15.2. The number of aliphatic hydroxyl groups is 2. The fraction of sp³-hybridized carbons (Fsp3) is 0.500. The number of rotatable bonds is 4. The van der Waals surface area contributed by atoms with Gasteiger partial charge in [0.2, 0.25) is 0 Å². The molecule has 2 aromatic heterocycles. The Labute approximate surface area is 179 Å². The van der Waals surface area contributed by atoms with E-state index in [1.165, 1.54) is 33.7 Å². The number of hydrogen-bond acceptors (Lipinski definition) is 14. The third-order valence-corrected chi connectivity index (χ3v) is 4.77. The van der Waals surface area contributed by atoms with Gasteiger partial charge in [0.15, 0.2) is 12.5 Å². The minimum atomic E-state index is -0.908. The lowest BCUT2D eigenvalue weighted by Crippen LogP contribution is -2.34. The molecule has 6 atom stereocenters. The van der Waals surface area contributed by atoms with Crippen LogP contribution in [0.3, 0.4) is 0 Å². The van der Waals surface area contributed by atoms with Crippen molar-refractivity contribution in [1.82, 2.24) is 30.1 Å². The molecule has 10 N–H and O–H groups in total. The van der Waals surface area contributed by atoms with Crippen LogP contribution in [-0.4, -0.2) is 64.4 Å². The topological polar surface area (TPSA) is 245 Å². The van der Waals surface area contributed by atoms with Gasteiger partial charge in [-0.1, -0.05) is 0 Å². The number of nitrogens with two attached hydrogens (primary N) is 2. The van der Waals surface area contributed by atoms with Crippen LogP contribution in [-0.2, 0) is 9.47 Å². The lowest BCUT2D eigenvalue weighted by atomic mass is 10.2. The molecule has 176 valence electrons. The number of ether oxygens (including phenoxy) is 2. The van der Waals surface area contributed by atoms with Crippen LogP contribution in [0.5, 0.6) is 0 Å². The summed E-state index contributed by atoms with van der Waals surface area (Å²) in [5, 5.41) is 36.2. The summed E-state index contributed by atoms with van der Waals surface area (Å²) in [4.78, 5) is 30.0. The zero-order chi connectivity index (χ0) is 23.4. The van der Waals surface area contributed by atoms with Crippen LogP contribution in [0.1, 0.15) is 25.3 Å². The van der Waals surface area contributed by atoms with Gasteiger partial charge in [-0.3, -0.25) is 9.13 Å². The van der Waals surface area contributed by atoms with Gasteiger partial charge in [-0.25, -0.2) is 9.59 Å². The summed E-state index contributed by atoms with van der Waals surface area (Å²) >= 11 is 0. The minimum Gasteiger partial charge on any atom is -0.389 e. The predicted octanol–water partition coefficient (Wildman–Crippen LogP) is -3.18. The van der Waals surface area contributed by atoms with Gasteiger partial charge in [0.25, 0.3) is 0 Å². The molecular weight excluding hydrogens is 432 g/mol. The average Bonchev–Trinajstić information content (AvgIpc) is 3.30. The van der Waals surface area contributed by atoms with Crippen molar-refractivity contribution in [3.8, 4) is 0 Å². The van der Waals surface area contributed by atoms with Crippen LogP contribution >= 0.6 is 0 Å². The number of hydroxylamine groups is 2. The monoisotopic (exact) mass is 456 g/mol. The molecule has 2 aliphatic heterocycles. The molecule has 2 fully saturated rings. The van der Waals surface area contributed by atoms with Gasteiger partial charge in [-0.05, 0) is 12.1 Å². The number of anilines is 2. The van der Waals surface area contributed by atoms with Crippen molar-refractivity contribution in [3.05, 3.63) is 45.5 Å². The Bertz CT molecular complexity index is 950. The predicted molar refractivity (Wildman–Crippen MR) is 105 cm³/mol. The third-order valence-electron chi connectivity index (χ3n) is 4.77. The Hall–Kier alpha value is -2.96. The molecule has 16 nitrogen and oxygen atoms in total. The van der Waals surface area contributed by atoms with E-state index in [2.05, 4.69) is 9.97 Å². The third kappa shape index (κ3) is 5.26. The average molecular weight is 456 g/mol. The van der Waals surface area contributed by atoms with Gasteiger partial charge in [0, 0.05) is 25.2 Å². The maximum atomic E-state index is 11.5. The lowest BCUT2D eigenvalue weighted by molar-refractivity contribution is -0.0955. The van der Waals surface area contributed by atoms with Gasteiger partial charge >= 0.3 is 11.4 Å². The standard InChI is InChI=1S/2C8H12N4O4/c2*9-5-1-2-12(8(14)10-5)6-3-4(13)7(11-15)16-6/h2*1-2,4,6-7,11,13,15H,3H2,(H2,9,10,14)/t2*4-,6+,7-/m00/s1. The molecule has 2 aliphatic rings. The van der Waals surface area contributed by atoms with Gasteiger partial charge in [0.1, 0.15) is 24.1 Å². The van der Waals surface area contributed by atoms with E-state index in [1.54, 1.807) is 0 Å². The molecule has 0 unspecified atom stereocenters. The molecule has 0 amide bonds. The molecule has 4 heterocycles. The summed E-state index contributed by atoms with van der Waals surface area (Å²) in [5.74, 6) is 0.244. The van der Waals surface area contributed by atoms with Crippen molar-refractivity contribution >= 4 is 11.6 Å². The van der Waals surface area contributed by atoms with E-state index in [9.17, 15) is 19.8 Å². The van der Waals surface area contributed by atoms with Crippen LogP contribution in [0.15, 0.2) is 34.1 Å². The molecule has 2 saturated heterocycles. The van der Waals surface area contributed by atoms with Crippen LogP contribution in [0.25, 0.3) is 0 Å². The van der Waals surface area contributed by atoms with Crippen molar-refractivity contribution < 1.29 is 30.1 Å². The fourth-order valence-corrected chi connectivity index (χ4v) is 3.17. The summed E-state index contributed by atoms with van der Waals surface area (Å²) in [5.41, 5.74) is 13.2. The SMILES string of the molecule is Nc1ccn([C@H]2C[C@H](O)[C@@H](NO)O2)c(=O)n1.Nc1ccn([C@H]2C[C@H](O)[C@@H](NO)O2)c(=O)n1. The zero-order valence-electron chi connectivity index (χ0n) is 16.6. The Morgan fingerprint density at radius 3 is 1.50 bits per heavy atom. The maximum absolute atomic E-state index is 11.5. The van der Waals surface area contributed by atoms with E-state index in [1.807, 2.05) is 11.0 Å². The smallest absolute Gasteiger partial charge is 0.351 e. The van der Waals surface area contributed by atoms with Gasteiger partial charge in [0.05, 0.1) is 12.2 Å². The molecule has 0 radical (unpaired) electrons. The molecular formula is C16H24N8O8. The maximum Gasteiger partial charge on any atom is 0.351 e. The summed E-state index contributed by atoms with van der Waals surface area (Å²) in [6.45, 7) is 0. The second kappa shape index (κ2) is 10.1. The fourth-order valence-electron chi connectivity index (χ4n) is 3.17. The lowest BCUT2D eigenvalue weighted by Gasteiger charge is -2.14. The Morgan fingerprint density at radius 2 is 1.22 bits per heavy atom. The van der Waals surface area contributed by atoms with Crippen molar-refractivity contribution in [1.29, 1.82) is 0 Å². The molecule has 4 rings (SSSR count). The molecule has 0 saturated carbocycles. The summed E-state index contributed by atoms with van der Waals surface area (Å²) < 4.78 is 12.8. The number of nitrogens with zero attached hydrogens (tertiary/aromatic N) is 4. The molecule has 0 spiro atoms. The number of aliphatic hydroxyl groups excluding tert-OH is 2. The summed E-state index contributed by atoms with van der Waals surface area (Å²) in [7, 11) is 0. The van der Waals surface area contributed by atoms with Crippen molar-refractivity contribution in [2.45, 2.75) is 50.0 Å². The number of hydrogen-bond donors (Lipinski definition) is 8. The van der Waals surface area contributed by atoms with E-state index in [4.69, 9.17) is 31.4 Å². The van der Waals surface area contributed by atoms with E-state index < -0.39 is 48.5 Å². The first-order valence-electron chi connectivity index (χ1n) is 9.39. The number of nitrogen functional groups attached to an aromatic ring is 2. The highest BCUT2D eigenvalue weighted by atomic mass is 16.6. The quantitative estimate of drug-likeness (QED) is 0.211. The molecule has 16 heteroatoms. The first kappa shape index (κ1) is 23.7. The van der Waals surface area contributed by atoms with E-state index in [0.717, 1.165) is 0 Å². The van der Waals surface area contributed by atoms with E-state index >= 15 is 0 Å². The highest BCUT2D eigenvalue weighted by Gasteiger charge is 2.36. The number of aromatic nitrogens is 4. The van der Waals surface area contributed by atoms with Crippen LogP contribution in [0, 0.1) is 0 Å². The zero-order valence-corrected chi connectivity index (χ0v) is 16.6. The van der Waals surface area contributed by atoms with Gasteiger partial charge < -0.3 is 41.6 Å². The van der Waals surface area contributed by atoms with Crippen molar-refractivity contribution in [2.24, 2.45) is 0 Å². The summed E-state index contributed by atoms with van der Waals surface area (Å²) in [6.07, 6.45) is -1.69. The molecule has 0 aliphatic carbocycles. The van der Waals surface area contributed by atoms with Crippen LogP contribution < -0.4 is 33.8 Å². The van der Waals surface area contributed by atoms with Crippen LogP contribution in [0.4, 0.5) is 11.6 Å². The molecule has 0 aromatic carbocycles. The highest BCUT2D eigenvalue weighted by Crippen LogP contribution is 2.26. The van der Waals surface area contributed by atoms with Crippen molar-refractivity contribution in [2.75, 3.05) is 11.5 Å². The Morgan fingerprint density at radius 1 is 0.844 bits per heavy atom. The van der Waals surface area contributed by atoms with E-state index in [-0.39, 0.29) is 24.5 Å². The Balaban J connectivity index is 0.000000181.